The monoisotopic (exact) mass is 184 g/mol. The fourth-order valence-electron chi connectivity index (χ4n) is 2.04. The number of nitrogens with zero attached hydrogens (tertiary/aromatic N) is 2. The maximum atomic E-state index is 11.4. The van der Waals surface area contributed by atoms with Gasteiger partial charge in [0.05, 0.1) is 12.6 Å². The number of hydrogen-bond acceptors (Lipinski definition) is 3. The van der Waals surface area contributed by atoms with Gasteiger partial charge in [-0.3, -0.25) is 9.69 Å². The van der Waals surface area contributed by atoms with Crippen molar-refractivity contribution in [2.75, 3.05) is 39.4 Å². The Morgan fingerprint density at radius 1 is 1.54 bits per heavy atom. The minimum Gasteiger partial charge on any atom is -0.369 e. The molecule has 2 saturated heterocycles. The van der Waals surface area contributed by atoms with Crippen LogP contribution in [0.25, 0.3) is 0 Å². The average Bonchev–Trinajstić information content (AvgIpc) is 2.18. The Balaban J connectivity index is 1.99. The van der Waals surface area contributed by atoms with Crippen LogP contribution < -0.4 is 0 Å². The molecule has 0 aromatic rings. The molecule has 2 heterocycles. The van der Waals surface area contributed by atoms with Crippen molar-refractivity contribution in [3.8, 4) is 0 Å². The summed E-state index contributed by atoms with van der Waals surface area (Å²) in [6.07, 6.45) is 0. The average molecular weight is 184 g/mol. The van der Waals surface area contributed by atoms with Gasteiger partial charge >= 0.3 is 0 Å². The second-order valence-electron chi connectivity index (χ2n) is 3.65. The van der Waals surface area contributed by atoms with Crippen molar-refractivity contribution in [2.24, 2.45) is 0 Å². The topological polar surface area (TPSA) is 32.8 Å². The summed E-state index contributed by atoms with van der Waals surface area (Å²) in [5, 5.41) is 0. The van der Waals surface area contributed by atoms with Crippen LogP contribution in [0.1, 0.15) is 6.92 Å². The number of carbonyl (C=O) groups excluding carboxylic acids is 1. The SMILES string of the molecule is CCN1CCN2C(=O)COC[C@H]2C1. The molecular weight excluding hydrogens is 168 g/mol. The summed E-state index contributed by atoms with van der Waals surface area (Å²) in [4.78, 5) is 15.7. The van der Waals surface area contributed by atoms with E-state index in [2.05, 4.69) is 11.8 Å². The van der Waals surface area contributed by atoms with Crippen LogP contribution in [-0.4, -0.2) is 61.1 Å². The smallest absolute Gasteiger partial charge is 0.248 e. The van der Waals surface area contributed by atoms with Crippen molar-refractivity contribution in [1.82, 2.24) is 9.80 Å². The fourth-order valence-corrected chi connectivity index (χ4v) is 2.04. The molecule has 2 rings (SSSR count). The second-order valence-corrected chi connectivity index (χ2v) is 3.65. The quantitative estimate of drug-likeness (QED) is 0.553. The molecule has 0 aromatic heterocycles. The molecule has 74 valence electrons. The van der Waals surface area contributed by atoms with E-state index in [-0.39, 0.29) is 12.5 Å². The van der Waals surface area contributed by atoms with Gasteiger partial charge in [0, 0.05) is 19.6 Å². The van der Waals surface area contributed by atoms with Gasteiger partial charge in [0.25, 0.3) is 0 Å². The van der Waals surface area contributed by atoms with Crippen LogP contribution in [0.15, 0.2) is 0 Å². The molecule has 0 spiro atoms. The van der Waals surface area contributed by atoms with Gasteiger partial charge in [0.1, 0.15) is 6.61 Å². The van der Waals surface area contributed by atoms with Crippen molar-refractivity contribution >= 4 is 5.91 Å². The highest BCUT2D eigenvalue weighted by molar-refractivity contribution is 5.78. The number of piperazine rings is 1. The Labute approximate surface area is 78.4 Å². The normalized spacial score (nSPS) is 30.4. The molecule has 0 radical (unpaired) electrons. The van der Waals surface area contributed by atoms with E-state index in [0.29, 0.717) is 12.6 Å². The van der Waals surface area contributed by atoms with E-state index in [4.69, 9.17) is 4.74 Å². The Kier molecular flexibility index (Phi) is 2.51. The maximum Gasteiger partial charge on any atom is 0.248 e. The van der Waals surface area contributed by atoms with Crippen LogP contribution in [0.3, 0.4) is 0 Å². The van der Waals surface area contributed by atoms with Crippen molar-refractivity contribution in [3.05, 3.63) is 0 Å². The molecule has 1 atom stereocenters. The predicted octanol–water partition coefficient (Wildman–Crippen LogP) is -0.451. The molecule has 4 nitrogen and oxygen atoms in total. The second kappa shape index (κ2) is 3.64. The zero-order valence-electron chi connectivity index (χ0n) is 8.03. The first-order valence-corrected chi connectivity index (χ1v) is 4.91. The van der Waals surface area contributed by atoms with Gasteiger partial charge < -0.3 is 9.64 Å². The summed E-state index contributed by atoms with van der Waals surface area (Å²) >= 11 is 0. The van der Waals surface area contributed by atoms with E-state index in [9.17, 15) is 4.79 Å². The Morgan fingerprint density at radius 3 is 3.15 bits per heavy atom. The molecule has 0 unspecified atom stereocenters. The third-order valence-electron chi connectivity index (χ3n) is 2.87. The van der Waals surface area contributed by atoms with E-state index in [0.717, 1.165) is 26.2 Å². The van der Waals surface area contributed by atoms with Gasteiger partial charge in [-0.15, -0.1) is 0 Å². The largest absolute Gasteiger partial charge is 0.369 e. The summed E-state index contributed by atoms with van der Waals surface area (Å²) in [6, 6.07) is 0.301. The first-order valence-electron chi connectivity index (χ1n) is 4.91. The van der Waals surface area contributed by atoms with Crippen molar-refractivity contribution < 1.29 is 9.53 Å². The van der Waals surface area contributed by atoms with Crippen LogP contribution in [-0.2, 0) is 9.53 Å². The van der Waals surface area contributed by atoms with E-state index in [1.807, 2.05) is 4.90 Å². The van der Waals surface area contributed by atoms with Gasteiger partial charge in [0.15, 0.2) is 0 Å². The highest BCUT2D eigenvalue weighted by Crippen LogP contribution is 2.14. The third-order valence-corrected chi connectivity index (χ3v) is 2.87. The predicted molar refractivity (Wildman–Crippen MR) is 48.4 cm³/mol. The number of rotatable bonds is 1. The highest BCUT2D eigenvalue weighted by atomic mass is 16.5. The van der Waals surface area contributed by atoms with E-state index in [1.165, 1.54) is 0 Å². The van der Waals surface area contributed by atoms with Gasteiger partial charge in [-0.1, -0.05) is 6.92 Å². The summed E-state index contributed by atoms with van der Waals surface area (Å²) < 4.78 is 5.23. The first kappa shape index (κ1) is 8.97. The van der Waals surface area contributed by atoms with E-state index in [1.54, 1.807) is 0 Å². The number of likely N-dealkylation sites (N-methyl/N-ethyl adjacent to an activating group) is 1. The number of hydrogen-bond donors (Lipinski definition) is 0. The van der Waals surface area contributed by atoms with Gasteiger partial charge in [-0.05, 0) is 6.54 Å². The molecular formula is C9H16N2O2. The Bertz CT molecular complexity index is 208. The fraction of sp³-hybridized carbons (Fsp3) is 0.889. The first-order chi connectivity index (χ1) is 6.31. The standard InChI is InChI=1S/C9H16N2O2/c1-2-10-3-4-11-8(5-10)6-13-7-9(11)12/h8H,2-7H2,1H3/t8-/m1/s1. The summed E-state index contributed by atoms with van der Waals surface area (Å²) in [6.45, 7) is 7.08. The number of amides is 1. The Hall–Kier alpha value is -0.610. The number of carbonyl (C=O) groups is 1. The van der Waals surface area contributed by atoms with E-state index < -0.39 is 0 Å². The Morgan fingerprint density at radius 2 is 2.38 bits per heavy atom. The zero-order chi connectivity index (χ0) is 9.26. The highest BCUT2D eigenvalue weighted by Gasteiger charge is 2.32. The van der Waals surface area contributed by atoms with Crippen molar-refractivity contribution in [3.63, 3.8) is 0 Å². The van der Waals surface area contributed by atoms with Crippen LogP contribution in [0, 0.1) is 0 Å². The van der Waals surface area contributed by atoms with Gasteiger partial charge in [-0.25, -0.2) is 0 Å². The molecule has 0 N–H and O–H groups in total. The molecule has 0 bridgehead atoms. The molecule has 2 aliphatic heterocycles. The molecule has 2 fully saturated rings. The van der Waals surface area contributed by atoms with Crippen LogP contribution >= 0.6 is 0 Å². The molecule has 13 heavy (non-hydrogen) atoms. The summed E-state index contributed by atoms with van der Waals surface area (Å²) in [5.41, 5.74) is 0. The lowest BCUT2D eigenvalue weighted by Crippen LogP contribution is -2.60. The summed E-state index contributed by atoms with van der Waals surface area (Å²) in [5.74, 6) is 0.159. The van der Waals surface area contributed by atoms with Crippen molar-refractivity contribution in [2.45, 2.75) is 13.0 Å². The number of ether oxygens (including phenoxy) is 1. The van der Waals surface area contributed by atoms with Crippen LogP contribution in [0.2, 0.25) is 0 Å². The molecule has 4 heteroatoms. The number of morpholine rings is 1. The molecule has 0 aromatic carbocycles. The van der Waals surface area contributed by atoms with Gasteiger partial charge in [-0.2, -0.15) is 0 Å². The molecule has 1 amide bonds. The molecule has 2 aliphatic rings. The lowest BCUT2D eigenvalue weighted by Gasteiger charge is -2.43. The summed E-state index contributed by atoms with van der Waals surface area (Å²) in [7, 11) is 0. The minimum absolute atomic E-state index is 0.159. The molecule has 0 saturated carbocycles. The third kappa shape index (κ3) is 1.69. The van der Waals surface area contributed by atoms with Crippen LogP contribution in [0.4, 0.5) is 0 Å². The lowest BCUT2D eigenvalue weighted by molar-refractivity contribution is -0.152. The zero-order valence-corrected chi connectivity index (χ0v) is 8.03. The lowest BCUT2D eigenvalue weighted by atomic mass is 10.1. The van der Waals surface area contributed by atoms with E-state index >= 15 is 0 Å². The minimum atomic E-state index is 0.159. The number of fused-ring (bicyclic) bond motifs is 1. The molecule has 0 aliphatic carbocycles. The van der Waals surface area contributed by atoms with Gasteiger partial charge in [0.2, 0.25) is 5.91 Å². The van der Waals surface area contributed by atoms with Crippen LogP contribution in [0.5, 0.6) is 0 Å². The van der Waals surface area contributed by atoms with Crippen molar-refractivity contribution in [1.29, 1.82) is 0 Å². The maximum absolute atomic E-state index is 11.4.